The first-order valence-electron chi connectivity index (χ1n) is 4.03. The van der Waals surface area contributed by atoms with E-state index in [9.17, 15) is 13.2 Å². The van der Waals surface area contributed by atoms with Crippen molar-refractivity contribution in [2.24, 2.45) is 0 Å². The van der Waals surface area contributed by atoms with Crippen molar-refractivity contribution in [3.05, 3.63) is 0 Å². The Balaban J connectivity index is 2.45. The van der Waals surface area contributed by atoms with Gasteiger partial charge < -0.3 is 5.32 Å². The molecule has 0 amide bonds. The van der Waals surface area contributed by atoms with E-state index in [2.05, 4.69) is 5.32 Å². The summed E-state index contributed by atoms with van der Waals surface area (Å²) in [4.78, 5) is 1.45. The van der Waals surface area contributed by atoms with Gasteiger partial charge in [-0.3, -0.25) is 4.90 Å². The van der Waals surface area contributed by atoms with E-state index in [0.29, 0.717) is 26.2 Å². The minimum atomic E-state index is -4.09. The quantitative estimate of drug-likeness (QED) is 0.646. The summed E-state index contributed by atoms with van der Waals surface area (Å²) in [5.74, 6) is 0. The van der Waals surface area contributed by atoms with Crippen LogP contribution in [0.4, 0.5) is 13.2 Å². The number of halogens is 3. The first kappa shape index (κ1) is 9.80. The van der Waals surface area contributed by atoms with Crippen LogP contribution in [0.5, 0.6) is 0 Å². The topological polar surface area (TPSA) is 15.3 Å². The third-order valence-corrected chi connectivity index (χ3v) is 2.17. The summed E-state index contributed by atoms with van der Waals surface area (Å²) in [7, 11) is 0. The average molecular weight is 182 g/mol. The normalized spacial score (nSPS) is 24.0. The van der Waals surface area contributed by atoms with E-state index in [0.717, 1.165) is 0 Å². The Labute approximate surface area is 69.7 Å². The van der Waals surface area contributed by atoms with Gasteiger partial charge >= 0.3 is 6.18 Å². The molecule has 0 aliphatic carbocycles. The second-order valence-electron chi connectivity index (χ2n) is 3.00. The van der Waals surface area contributed by atoms with E-state index in [1.54, 1.807) is 0 Å². The van der Waals surface area contributed by atoms with Crippen molar-refractivity contribution in [3.63, 3.8) is 0 Å². The Bertz CT molecular complexity index is 140. The highest BCUT2D eigenvalue weighted by Gasteiger charge is 2.40. The Morgan fingerprint density at radius 3 is 2.17 bits per heavy atom. The van der Waals surface area contributed by atoms with Crippen molar-refractivity contribution in [1.29, 1.82) is 0 Å². The molecule has 2 nitrogen and oxygen atoms in total. The Morgan fingerprint density at radius 2 is 1.75 bits per heavy atom. The number of hydrogen-bond donors (Lipinski definition) is 1. The first-order valence-corrected chi connectivity index (χ1v) is 4.03. The zero-order valence-electron chi connectivity index (χ0n) is 6.99. The number of piperazine rings is 1. The van der Waals surface area contributed by atoms with Crippen LogP contribution < -0.4 is 5.32 Å². The molecule has 1 saturated heterocycles. The second-order valence-corrected chi connectivity index (χ2v) is 3.00. The number of nitrogens with zero attached hydrogens (tertiary/aromatic N) is 1. The van der Waals surface area contributed by atoms with Crippen LogP contribution in [0.2, 0.25) is 0 Å². The van der Waals surface area contributed by atoms with Crippen LogP contribution in [0.15, 0.2) is 0 Å². The van der Waals surface area contributed by atoms with Gasteiger partial charge in [-0.1, -0.05) is 0 Å². The molecule has 5 heteroatoms. The van der Waals surface area contributed by atoms with Crippen LogP contribution in [0, 0.1) is 0 Å². The van der Waals surface area contributed by atoms with Crippen molar-refractivity contribution < 1.29 is 13.2 Å². The molecule has 12 heavy (non-hydrogen) atoms. The number of rotatable bonds is 1. The van der Waals surface area contributed by atoms with E-state index in [4.69, 9.17) is 0 Å². The van der Waals surface area contributed by atoms with Crippen molar-refractivity contribution in [2.75, 3.05) is 26.2 Å². The summed E-state index contributed by atoms with van der Waals surface area (Å²) >= 11 is 0. The van der Waals surface area contributed by atoms with Crippen LogP contribution in [-0.2, 0) is 0 Å². The maximum Gasteiger partial charge on any atom is 0.403 e. The molecular formula is C7H13F3N2. The van der Waals surface area contributed by atoms with Crippen LogP contribution in [0.1, 0.15) is 6.92 Å². The third-order valence-electron chi connectivity index (χ3n) is 2.17. The van der Waals surface area contributed by atoms with E-state index < -0.39 is 12.2 Å². The van der Waals surface area contributed by atoms with Gasteiger partial charge in [-0.25, -0.2) is 0 Å². The minimum absolute atomic E-state index is 0.487. The molecule has 1 atom stereocenters. The van der Waals surface area contributed by atoms with Gasteiger partial charge in [0, 0.05) is 26.2 Å². The molecule has 72 valence electrons. The van der Waals surface area contributed by atoms with Crippen LogP contribution in [0.25, 0.3) is 0 Å². The summed E-state index contributed by atoms with van der Waals surface area (Å²) in [6.07, 6.45) is -4.09. The molecule has 1 heterocycles. The molecule has 1 fully saturated rings. The molecule has 1 rings (SSSR count). The molecule has 0 bridgehead atoms. The minimum Gasteiger partial charge on any atom is -0.314 e. The van der Waals surface area contributed by atoms with Gasteiger partial charge in [-0.2, -0.15) is 13.2 Å². The van der Waals surface area contributed by atoms with E-state index in [1.807, 2.05) is 0 Å². The molecule has 0 radical (unpaired) electrons. The van der Waals surface area contributed by atoms with Gasteiger partial charge in [0.15, 0.2) is 0 Å². The molecule has 0 saturated carbocycles. The molecule has 1 aliphatic rings. The largest absolute Gasteiger partial charge is 0.403 e. The second kappa shape index (κ2) is 3.62. The molecule has 0 aromatic rings. The fraction of sp³-hybridized carbons (Fsp3) is 1.00. The van der Waals surface area contributed by atoms with Crippen LogP contribution in [0.3, 0.4) is 0 Å². The van der Waals surface area contributed by atoms with Gasteiger partial charge in [-0.15, -0.1) is 0 Å². The SMILES string of the molecule is C[C@@H](N1CCNCC1)C(F)(F)F. The highest BCUT2D eigenvalue weighted by atomic mass is 19.4. The lowest BCUT2D eigenvalue weighted by Gasteiger charge is -2.33. The zero-order chi connectivity index (χ0) is 9.19. The molecule has 0 unspecified atom stereocenters. The maximum atomic E-state index is 12.2. The van der Waals surface area contributed by atoms with E-state index in [1.165, 1.54) is 11.8 Å². The van der Waals surface area contributed by atoms with Gasteiger partial charge in [0.1, 0.15) is 6.04 Å². The zero-order valence-corrected chi connectivity index (χ0v) is 6.99. The number of hydrogen-bond acceptors (Lipinski definition) is 2. The lowest BCUT2D eigenvalue weighted by Crippen LogP contribution is -2.52. The summed E-state index contributed by atoms with van der Waals surface area (Å²) < 4.78 is 36.5. The number of nitrogens with one attached hydrogen (secondary N) is 1. The standard InChI is InChI=1S/C7H13F3N2/c1-6(7(8,9)10)12-4-2-11-3-5-12/h6,11H,2-5H2,1H3/t6-/m1/s1. The highest BCUT2D eigenvalue weighted by molar-refractivity contribution is 4.78. The molecule has 1 aliphatic heterocycles. The lowest BCUT2D eigenvalue weighted by molar-refractivity contribution is -0.179. The van der Waals surface area contributed by atoms with Gasteiger partial charge in [0.25, 0.3) is 0 Å². The predicted octanol–water partition coefficient (Wildman–Crippen LogP) is 0.842. The maximum absolute atomic E-state index is 12.2. The molecule has 0 aromatic carbocycles. The number of alkyl halides is 3. The Hall–Kier alpha value is -0.290. The fourth-order valence-corrected chi connectivity index (χ4v) is 1.28. The van der Waals surface area contributed by atoms with Crippen molar-refractivity contribution >= 4 is 0 Å². The van der Waals surface area contributed by atoms with Crippen molar-refractivity contribution in [2.45, 2.75) is 19.1 Å². The lowest BCUT2D eigenvalue weighted by atomic mass is 10.2. The Morgan fingerprint density at radius 1 is 1.25 bits per heavy atom. The fourth-order valence-electron chi connectivity index (χ4n) is 1.28. The summed E-state index contributed by atoms with van der Waals surface area (Å²) in [5.41, 5.74) is 0. The van der Waals surface area contributed by atoms with Crippen molar-refractivity contribution in [1.82, 2.24) is 10.2 Å². The molecule has 1 N–H and O–H groups in total. The third kappa shape index (κ3) is 2.35. The van der Waals surface area contributed by atoms with Crippen LogP contribution >= 0.6 is 0 Å². The van der Waals surface area contributed by atoms with E-state index >= 15 is 0 Å². The predicted molar refractivity (Wildman–Crippen MR) is 40.0 cm³/mol. The summed E-state index contributed by atoms with van der Waals surface area (Å²) in [6.45, 7) is 3.49. The van der Waals surface area contributed by atoms with Crippen molar-refractivity contribution in [3.8, 4) is 0 Å². The summed E-state index contributed by atoms with van der Waals surface area (Å²) in [5, 5.41) is 3.01. The van der Waals surface area contributed by atoms with E-state index in [-0.39, 0.29) is 0 Å². The Kier molecular flexibility index (Phi) is 2.95. The molecular weight excluding hydrogens is 169 g/mol. The highest BCUT2D eigenvalue weighted by Crippen LogP contribution is 2.24. The van der Waals surface area contributed by atoms with Crippen LogP contribution in [-0.4, -0.2) is 43.3 Å². The average Bonchev–Trinajstić information content (AvgIpc) is 2.03. The van der Waals surface area contributed by atoms with Gasteiger partial charge in [0.05, 0.1) is 0 Å². The van der Waals surface area contributed by atoms with Gasteiger partial charge in [0.2, 0.25) is 0 Å². The monoisotopic (exact) mass is 182 g/mol. The smallest absolute Gasteiger partial charge is 0.314 e. The first-order chi connectivity index (χ1) is 5.52. The summed E-state index contributed by atoms with van der Waals surface area (Å²) in [6, 6.07) is -1.31. The molecule has 0 aromatic heterocycles. The van der Waals surface area contributed by atoms with Gasteiger partial charge in [-0.05, 0) is 6.92 Å². The molecule has 0 spiro atoms.